The lowest BCUT2D eigenvalue weighted by molar-refractivity contribution is 0.318. The molecule has 0 N–H and O–H groups in total. The van der Waals surface area contributed by atoms with E-state index in [0.29, 0.717) is 0 Å². The van der Waals surface area contributed by atoms with Crippen LogP contribution in [0.5, 0.6) is 5.75 Å². The number of rotatable bonds is 5. The third kappa shape index (κ3) is 3.89. The van der Waals surface area contributed by atoms with E-state index in [9.17, 15) is 4.79 Å². The molecule has 2 aromatic carbocycles. The molecule has 0 unspecified atom stereocenters. The number of hydrogen-bond acceptors (Lipinski definition) is 6. The first-order chi connectivity index (χ1) is 15.1. The summed E-state index contributed by atoms with van der Waals surface area (Å²) in [6.07, 6.45) is 0.891. The Kier molecular flexibility index (Phi) is 5.56. The zero-order chi connectivity index (χ0) is 21.4. The molecule has 0 saturated heterocycles. The monoisotopic (exact) mass is 449 g/mol. The Labute approximate surface area is 189 Å². The molecular weight excluding hydrogens is 426 g/mol. The standard InChI is InChI=1S/C24H23N3O2S2/c1-26-13-12-19-20(14-26)31-22-21(19)23(28)27(17-8-10-18(29-2)11-9-17)24(25-22)30-15-16-6-4-3-5-7-16/h3-11H,12-15H2,1-2H3. The van der Waals surface area contributed by atoms with Gasteiger partial charge >= 0.3 is 0 Å². The van der Waals surface area contributed by atoms with Crippen LogP contribution in [0.2, 0.25) is 0 Å². The van der Waals surface area contributed by atoms with Crippen molar-refractivity contribution in [1.82, 2.24) is 14.5 Å². The van der Waals surface area contributed by atoms with Crippen molar-refractivity contribution in [1.29, 1.82) is 0 Å². The topological polar surface area (TPSA) is 47.4 Å². The van der Waals surface area contributed by atoms with Crippen LogP contribution in [-0.2, 0) is 18.7 Å². The molecule has 0 bridgehead atoms. The maximum Gasteiger partial charge on any atom is 0.267 e. The summed E-state index contributed by atoms with van der Waals surface area (Å²) in [4.78, 5) is 23.2. The molecule has 158 valence electrons. The lowest BCUT2D eigenvalue weighted by Crippen LogP contribution is -2.27. The van der Waals surface area contributed by atoms with Gasteiger partial charge in [0.25, 0.3) is 5.56 Å². The third-order valence-corrected chi connectivity index (χ3v) is 7.70. The third-order valence-electron chi connectivity index (χ3n) is 5.58. The average molecular weight is 450 g/mol. The maximum atomic E-state index is 13.8. The number of hydrogen-bond donors (Lipinski definition) is 0. The Morgan fingerprint density at radius 2 is 1.90 bits per heavy atom. The molecule has 0 saturated carbocycles. The van der Waals surface area contributed by atoms with Gasteiger partial charge in [-0.15, -0.1) is 11.3 Å². The first-order valence-electron chi connectivity index (χ1n) is 10.2. The zero-order valence-electron chi connectivity index (χ0n) is 17.5. The molecule has 2 aromatic heterocycles. The van der Waals surface area contributed by atoms with Gasteiger partial charge in [0.05, 0.1) is 18.2 Å². The minimum absolute atomic E-state index is 0.0211. The van der Waals surface area contributed by atoms with Crippen LogP contribution < -0.4 is 10.3 Å². The van der Waals surface area contributed by atoms with Crippen LogP contribution in [0.4, 0.5) is 0 Å². The van der Waals surface area contributed by atoms with Gasteiger partial charge in [-0.25, -0.2) is 4.98 Å². The van der Waals surface area contributed by atoms with Crippen molar-refractivity contribution in [2.24, 2.45) is 0 Å². The minimum Gasteiger partial charge on any atom is -0.497 e. The highest BCUT2D eigenvalue weighted by atomic mass is 32.2. The molecular formula is C24H23N3O2S2. The van der Waals surface area contributed by atoms with Crippen molar-refractivity contribution in [3.63, 3.8) is 0 Å². The molecule has 31 heavy (non-hydrogen) atoms. The van der Waals surface area contributed by atoms with E-state index in [2.05, 4.69) is 24.1 Å². The molecule has 0 radical (unpaired) electrons. The summed E-state index contributed by atoms with van der Waals surface area (Å²) >= 11 is 3.26. The van der Waals surface area contributed by atoms with Gasteiger partial charge in [-0.2, -0.15) is 0 Å². The predicted octanol–water partition coefficient (Wildman–Crippen LogP) is 4.74. The fourth-order valence-electron chi connectivity index (χ4n) is 3.93. The molecule has 7 heteroatoms. The van der Waals surface area contributed by atoms with Crippen molar-refractivity contribution in [2.75, 3.05) is 20.7 Å². The Morgan fingerprint density at radius 3 is 2.65 bits per heavy atom. The fourth-order valence-corrected chi connectivity index (χ4v) is 6.24. The normalized spacial score (nSPS) is 14.0. The van der Waals surface area contributed by atoms with Crippen molar-refractivity contribution in [2.45, 2.75) is 23.9 Å². The van der Waals surface area contributed by atoms with Crippen molar-refractivity contribution in [3.05, 3.63) is 81.0 Å². The largest absolute Gasteiger partial charge is 0.497 e. The number of thiophene rings is 1. The SMILES string of the molecule is COc1ccc(-n2c(SCc3ccccc3)nc3sc4c(c3c2=O)CCN(C)C4)cc1. The lowest BCUT2D eigenvalue weighted by Gasteiger charge is -2.21. The van der Waals surface area contributed by atoms with Gasteiger partial charge < -0.3 is 9.64 Å². The highest BCUT2D eigenvalue weighted by Crippen LogP contribution is 2.34. The van der Waals surface area contributed by atoms with Crippen molar-refractivity contribution < 1.29 is 4.74 Å². The van der Waals surface area contributed by atoms with Crippen LogP contribution in [0.15, 0.2) is 64.5 Å². The molecule has 1 aliphatic rings. The van der Waals surface area contributed by atoms with Gasteiger partial charge in [-0.1, -0.05) is 42.1 Å². The van der Waals surface area contributed by atoms with Crippen LogP contribution in [0.3, 0.4) is 0 Å². The molecule has 0 aliphatic carbocycles. The van der Waals surface area contributed by atoms with Gasteiger partial charge in [-0.05, 0) is 48.9 Å². The number of thioether (sulfide) groups is 1. The second kappa shape index (κ2) is 8.49. The summed E-state index contributed by atoms with van der Waals surface area (Å²) in [5, 5.41) is 1.51. The highest BCUT2D eigenvalue weighted by Gasteiger charge is 2.24. The Hall–Kier alpha value is -2.61. The first-order valence-corrected chi connectivity index (χ1v) is 12.0. The number of ether oxygens (including phenoxy) is 1. The van der Waals surface area contributed by atoms with E-state index in [1.807, 2.05) is 42.5 Å². The molecule has 5 nitrogen and oxygen atoms in total. The van der Waals surface area contributed by atoms with Crippen LogP contribution in [0.25, 0.3) is 15.9 Å². The smallest absolute Gasteiger partial charge is 0.267 e. The second-order valence-electron chi connectivity index (χ2n) is 7.68. The number of likely N-dealkylation sites (N-methyl/N-ethyl adjacent to an activating group) is 1. The molecule has 1 aliphatic heterocycles. The summed E-state index contributed by atoms with van der Waals surface area (Å²) in [5.41, 5.74) is 3.21. The molecule has 0 fully saturated rings. The van der Waals surface area contributed by atoms with E-state index in [1.54, 1.807) is 34.8 Å². The van der Waals surface area contributed by atoms with Gasteiger partial charge in [0.15, 0.2) is 5.16 Å². The Morgan fingerprint density at radius 1 is 1.13 bits per heavy atom. The first kappa shape index (κ1) is 20.3. The number of nitrogens with zero attached hydrogens (tertiary/aromatic N) is 3. The van der Waals surface area contributed by atoms with E-state index in [1.165, 1.54) is 16.0 Å². The van der Waals surface area contributed by atoms with Crippen LogP contribution in [0, 0.1) is 0 Å². The van der Waals surface area contributed by atoms with Gasteiger partial charge in [-0.3, -0.25) is 9.36 Å². The summed E-state index contributed by atoms with van der Waals surface area (Å²) in [6, 6.07) is 17.9. The molecule has 5 rings (SSSR count). The number of methoxy groups -OCH3 is 1. The summed E-state index contributed by atoms with van der Waals surface area (Å²) in [6.45, 7) is 1.84. The van der Waals surface area contributed by atoms with Crippen molar-refractivity contribution >= 4 is 33.3 Å². The highest BCUT2D eigenvalue weighted by molar-refractivity contribution is 7.98. The van der Waals surface area contributed by atoms with Crippen LogP contribution >= 0.6 is 23.1 Å². The maximum absolute atomic E-state index is 13.8. The summed E-state index contributed by atoms with van der Waals surface area (Å²) in [5.74, 6) is 1.52. The van der Waals surface area contributed by atoms with Gasteiger partial charge in [0, 0.05) is 23.7 Å². The summed E-state index contributed by atoms with van der Waals surface area (Å²) < 4.78 is 7.07. The number of benzene rings is 2. The van der Waals surface area contributed by atoms with E-state index < -0.39 is 0 Å². The molecule has 4 aromatic rings. The second-order valence-corrected chi connectivity index (χ2v) is 9.71. The van der Waals surface area contributed by atoms with E-state index in [-0.39, 0.29) is 5.56 Å². The zero-order valence-corrected chi connectivity index (χ0v) is 19.1. The molecule has 3 heterocycles. The fraction of sp³-hybridized carbons (Fsp3) is 0.250. The number of fused-ring (bicyclic) bond motifs is 3. The predicted molar refractivity (Wildman–Crippen MR) is 128 cm³/mol. The average Bonchev–Trinajstić information content (AvgIpc) is 3.16. The quantitative estimate of drug-likeness (QED) is 0.325. The lowest BCUT2D eigenvalue weighted by atomic mass is 10.1. The van der Waals surface area contributed by atoms with Crippen molar-refractivity contribution in [3.8, 4) is 11.4 Å². The van der Waals surface area contributed by atoms with Crippen LogP contribution in [-0.4, -0.2) is 35.2 Å². The molecule has 0 atom stereocenters. The Bertz CT molecular complexity index is 1280. The number of aromatic nitrogens is 2. The minimum atomic E-state index is 0.0211. The Balaban J connectivity index is 1.66. The van der Waals surface area contributed by atoms with E-state index in [4.69, 9.17) is 9.72 Å². The van der Waals surface area contributed by atoms with Crippen LogP contribution in [0.1, 0.15) is 16.0 Å². The molecule has 0 amide bonds. The van der Waals surface area contributed by atoms with E-state index in [0.717, 1.165) is 52.1 Å². The van der Waals surface area contributed by atoms with Gasteiger partial charge in [0.1, 0.15) is 10.6 Å². The summed E-state index contributed by atoms with van der Waals surface area (Å²) in [7, 11) is 3.77. The van der Waals surface area contributed by atoms with E-state index >= 15 is 0 Å². The molecule has 0 spiro atoms. The van der Waals surface area contributed by atoms with Gasteiger partial charge in [0.2, 0.25) is 0 Å².